The third-order valence-corrected chi connectivity index (χ3v) is 10.6. The SMILES string of the molecule is COc1cc2cc(c1Cl)N(C)C(=O)C[C@H](OC(=O)C(C)N(C)C(=O)CCCN=[N+]=[N-])[C@]1(C)O[C@H]1[C@H](C)[C@@H]1C[C@@](O)(NC(=O)O1)[C@H](OC)/C=C/C=C(\C)C2. The molecule has 4 rings (SSSR count). The Hall–Kier alpha value is -4.34. The maximum Gasteiger partial charge on any atom is 0.409 e. The van der Waals surface area contributed by atoms with Crippen LogP contribution in [0.15, 0.2) is 41.0 Å². The normalized spacial score (nSPS) is 30.9. The van der Waals surface area contributed by atoms with Gasteiger partial charge in [0.2, 0.25) is 11.8 Å². The summed E-state index contributed by atoms with van der Waals surface area (Å²) in [6.45, 7) is 7.02. The van der Waals surface area contributed by atoms with Crippen molar-refractivity contribution in [3.05, 3.63) is 57.0 Å². The molecule has 17 heteroatoms. The molecule has 2 fully saturated rings. The number of ether oxygens (including phenoxy) is 5. The molecule has 0 aliphatic carbocycles. The number of carbonyl (C=O) groups is 4. The quantitative estimate of drug-likeness (QED) is 0.0893. The topological polar surface area (TPSA) is 205 Å². The number of amides is 3. The van der Waals surface area contributed by atoms with E-state index in [0.29, 0.717) is 24.3 Å². The molecule has 1 unspecified atom stereocenters. The largest absolute Gasteiger partial charge is 0.495 e. The molecular formula is C36H49ClN6O10. The molecule has 0 spiro atoms. The van der Waals surface area contributed by atoms with Gasteiger partial charge < -0.3 is 38.6 Å². The Morgan fingerprint density at radius 2 is 2.02 bits per heavy atom. The zero-order valence-electron chi connectivity index (χ0n) is 31.3. The van der Waals surface area contributed by atoms with Gasteiger partial charge in [-0.05, 0) is 56.8 Å². The van der Waals surface area contributed by atoms with Gasteiger partial charge in [0.15, 0.2) is 5.72 Å². The van der Waals surface area contributed by atoms with E-state index in [1.165, 1.54) is 38.0 Å². The number of aliphatic hydroxyl groups is 1. The number of allylic oxidation sites excluding steroid dienone is 3. The van der Waals surface area contributed by atoms with Crippen LogP contribution in [0.4, 0.5) is 10.5 Å². The van der Waals surface area contributed by atoms with Gasteiger partial charge in [-0.25, -0.2) is 9.59 Å². The molecule has 0 saturated carbocycles. The fraction of sp³-hybridized carbons (Fsp3) is 0.611. The van der Waals surface area contributed by atoms with E-state index in [1.54, 1.807) is 45.2 Å². The van der Waals surface area contributed by atoms with Gasteiger partial charge in [0, 0.05) is 51.4 Å². The highest BCUT2D eigenvalue weighted by Crippen LogP contribution is 2.49. The standard InChI is InChI=1S/C36H49ClN6O10/c1-20-11-9-12-27(50-8)36(48)19-26(51-34(47)40-36)21(2)32-35(4,53-32)28(52-33(46)22(3)42(5)29(44)13-10-14-39-41-38)18-30(45)43(6)24-16-23(15-20)17-25(49-7)31(24)37/h9,11-12,16-17,21-22,26-28,32,48H,10,13-15,18-19H2,1-8H3,(H,40,47)/b12-9+,20-11+/t21-,22?,26+,27-,28+,32+,35+,36+/m1/s1. The van der Waals surface area contributed by atoms with Crippen molar-refractivity contribution in [2.24, 2.45) is 11.0 Å². The van der Waals surface area contributed by atoms with Crippen LogP contribution in [-0.4, -0.2) is 111 Å². The van der Waals surface area contributed by atoms with Gasteiger partial charge in [-0.2, -0.15) is 0 Å². The van der Waals surface area contributed by atoms with Crippen molar-refractivity contribution in [2.45, 2.75) is 102 Å². The molecule has 2 N–H and O–H groups in total. The third-order valence-electron chi connectivity index (χ3n) is 10.2. The van der Waals surface area contributed by atoms with Crippen molar-refractivity contribution < 1.29 is 48.0 Å². The van der Waals surface area contributed by atoms with Crippen LogP contribution in [0.1, 0.15) is 58.9 Å². The number of nitrogens with zero attached hydrogens (tertiary/aromatic N) is 5. The van der Waals surface area contributed by atoms with E-state index < -0.39 is 65.7 Å². The number of halogens is 1. The number of anilines is 1. The average Bonchev–Trinajstić information content (AvgIpc) is 3.81. The number of alkyl carbamates (subject to hydrolysis) is 1. The molecule has 53 heavy (non-hydrogen) atoms. The number of benzene rings is 1. The molecule has 16 nitrogen and oxygen atoms in total. The molecule has 3 aliphatic rings. The van der Waals surface area contributed by atoms with E-state index in [9.17, 15) is 24.3 Å². The molecule has 0 aromatic heterocycles. The van der Waals surface area contributed by atoms with Gasteiger partial charge in [-0.3, -0.25) is 14.9 Å². The predicted octanol–water partition coefficient (Wildman–Crippen LogP) is 4.61. The number of hydrogen-bond donors (Lipinski definition) is 2. The Kier molecular flexibility index (Phi) is 13.4. The Morgan fingerprint density at radius 1 is 1.30 bits per heavy atom. The zero-order chi connectivity index (χ0) is 39.2. The van der Waals surface area contributed by atoms with E-state index in [4.69, 9.17) is 40.8 Å². The molecule has 3 heterocycles. The second kappa shape index (κ2) is 17.2. The summed E-state index contributed by atoms with van der Waals surface area (Å²) in [5.41, 5.74) is 7.50. The highest BCUT2D eigenvalue weighted by atomic mass is 35.5. The molecule has 2 saturated heterocycles. The van der Waals surface area contributed by atoms with Crippen molar-refractivity contribution in [2.75, 3.05) is 39.8 Å². The molecule has 8 atom stereocenters. The molecule has 3 amide bonds. The predicted molar refractivity (Wildman–Crippen MR) is 194 cm³/mol. The minimum Gasteiger partial charge on any atom is -0.495 e. The Balaban J connectivity index is 1.73. The smallest absolute Gasteiger partial charge is 0.409 e. The molecule has 3 aliphatic heterocycles. The van der Waals surface area contributed by atoms with Crippen LogP contribution in [0.25, 0.3) is 10.4 Å². The first-order valence-electron chi connectivity index (χ1n) is 17.3. The molecule has 4 bridgehead atoms. The molecule has 0 radical (unpaired) electrons. The van der Waals surface area contributed by atoms with Gasteiger partial charge in [0.05, 0.1) is 25.3 Å². The van der Waals surface area contributed by atoms with Crippen molar-refractivity contribution in [1.82, 2.24) is 10.2 Å². The van der Waals surface area contributed by atoms with Gasteiger partial charge in [0.25, 0.3) is 0 Å². The van der Waals surface area contributed by atoms with Crippen LogP contribution in [0, 0.1) is 5.92 Å². The molecule has 1 aromatic rings. The first kappa shape index (κ1) is 41.4. The summed E-state index contributed by atoms with van der Waals surface area (Å²) in [4.78, 5) is 58.7. The first-order valence-corrected chi connectivity index (χ1v) is 17.7. The lowest BCUT2D eigenvalue weighted by atomic mass is 9.83. The number of methoxy groups -OCH3 is 2. The van der Waals surface area contributed by atoms with Crippen LogP contribution >= 0.6 is 11.6 Å². The van der Waals surface area contributed by atoms with Crippen molar-refractivity contribution >= 4 is 41.2 Å². The van der Waals surface area contributed by atoms with Crippen LogP contribution < -0.4 is 15.0 Å². The summed E-state index contributed by atoms with van der Waals surface area (Å²) in [6, 6.07) is 2.51. The number of azide groups is 1. The van der Waals surface area contributed by atoms with Crippen molar-refractivity contribution in [1.29, 1.82) is 0 Å². The summed E-state index contributed by atoms with van der Waals surface area (Å²) in [6.07, 6.45) is 1.07. The summed E-state index contributed by atoms with van der Waals surface area (Å²) < 4.78 is 29.1. The summed E-state index contributed by atoms with van der Waals surface area (Å²) >= 11 is 6.74. The van der Waals surface area contributed by atoms with Crippen LogP contribution in [0.3, 0.4) is 0 Å². The number of hydrogen-bond acceptors (Lipinski definition) is 11. The van der Waals surface area contributed by atoms with Crippen LogP contribution in [-0.2, 0) is 39.8 Å². The van der Waals surface area contributed by atoms with Gasteiger partial charge in [0.1, 0.15) is 40.7 Å². The van der Waals surface area contributed by atoms with E-state index in [0.717, 1.165) is 11.1 Å². The lowest BCUT2D eigenvalue weighted by Gasteiger charge is -2.42. The fourth-order valence-corrected chi connectivity index (χ4v) is 7.05. The second-order valence-corrected chi connectivity index (χ2v) is 14.3. The van der Waals surface area contributed by atoms with Crippen molar-refractivity contribution in [3.8, 4) is 5.75 Å². The lowest BCUT2D eigenvalue weighted by molar-refractivity contribution is -0.162. The fourth-order valence-electron chi connectivity index (χ4n) is 6.74. The Bertz CT molecular complexity index is 1680. The second-order valence-electron chi connectivity index (χ2n) is 14.0. The number of rotatable bonds is 9. The lowest BCUT2D eigenvalue weighted by Crippen LogP contribution is -2.63. The first-order chi connectivity index (χ1) is 25.0. The number of likely N-dealkylation sites (N-methyl/N-ethyl adjacent to an activating group) is 1. The summed E-state index contributed by atoms with van der Waals surface area (Å²) in [5.74, 6) is -1.80. The van der Waals surface area contributed by atoms with E-state index in [1.807, 2.05) is 13.0 Å². The minimum absolute atomic E-state index is 0.0416. The average molecular weight is 761 g/mol. The summed E-state index contributed by atoms with van der Waals surface area (Å²) in [5, 5.41) is 17.9. The molecular weight excluding hydrogens is 712 g/mol. The molecule has 1 aromatic carbocycles. The number of carbonyl (C=O) groups excluding carboxylic acids is 4. The van der Waals surface area contributed by atoms with Gasteiger partial charge >= 0.3 is 12.1 Å². The zero-order valence-corrected chi connectivity index (χ0v) is 32.1. The van der Waals surface area contributed by atoms with E-state index >= 15 is 0 Å². The third kappa shape index (κ3) is 9.43. The van der Waals surface area contributed by atoms with E-state index in [-0.39, 0.29) is 36.7 Å². The van der Waals surface area contributed by atoms with E-state index in [2.05, 4.69) is 15.3 Å². The van der Waals surface area contributed by atoms with Gasteiger partial charge in [-0.15, -0.1) is 0 Å². The monoisotopic (exact) mass is 760 g/mol. The maximum atomic E-state index is 14.1. The van der Waals surface area contributed by atoms with Crippen LogP contribution in [0.2, 0.25) is 5.02 Å². The minimum atomic E-state index is -1.84. The van der Waals surface area contributed by atoms with Crippen LogP contribution in [0.5, 0.6) is 5.75 Å². The number of esters is 1. The highest BCUT2D eigenvalue weighted by molar-refractivity contribution is 6.35. The van der Waals surface area contributed by atoms with Crippen molar-refractivity contribution in [3.63, 3.8) is 0 Å². The number of fused-ring (bicyclic) bond motifs is 5. The number of epoxide rings is 1. The summed E-state index contributed by atoms with van der Waals surface area (Å²) in [7, 11) is 5.91. The molecule has 290 valence electrons. The highest BCUT2D eigenvalue weighted by Gasteiger charge is 2.64. The maximum absolute atomic E-state index is 14.1. The Morgan fingerprint density at radius 3 is 2.68 bits per heavy atom. The Labute approximate surface area is 313 Å². The number of nitrogens with one attached hydrogen (secondary N) is 1. The van der Waals surface area contributed by atoms with Gasteiger partial charge in [-0.1, -0.05) is 47.4 Å².